The van der Waals surface area contributed by atoms with Gasteiger partial charge in [-0.05, 0) is 37.3 Å². The van der Waals surface area contributed by atoms with E-state index in [1.54, 1.807) is 0 Å². The third-order valence-electron chi connectivity index (χ3n) is 4.60. The van der Waals surface area contributed by atoms with E-state index in [0.29, 0.717) is 0 Å². The Balaban J connectivity index is 1.99. The quantitative estimate of drug-likeness (QED) is 0.846. The van der Waals surface area contributed by atoms with E-state index in [9.17, 15) is 0 Å². The first-order chi connectivity index (χ1) is 8.36. The molecule has 0 unspecified atom stereocenters. The maximum atomic E-state index is 6.12. The molecule has 92 valence electrons. The van der Waals surface area contributed by atoms with Gasteiger partial charge in [-0.25, -0.2) is 0 Å². The summed E-state index contributed by atoms with van der Waals surface area (Å²) < 4.78 is 0. The predicted molar refractivity (Wildman–Crippen MR) is 72.4 cm³/mol. The van der Waals surface area contributed by atoms with Crippen molar-refractivity contribution >= 4 is 5.69 Å². The summed E-state index contributed by atoms with van der Waals surface area (Å²) in [5.74, 6) is 0. The number of para-hydroxylation sites is 1. The third-order valence-corrected chi connectivity index (χ3v) is 4.60. The van der Waals surface area contributed by atoms with E-state index in [1.165, 1.54) is 56.3 Å². The Kier molecular flexibility index (Phi) is 2.83. The first-order valence-corrected chi connectivity index (χ1v) is 6.91. The molecule has 1 aliphatic heterocycles. The largest absolute Gasteiger partial charge is 0.364 e. The maximum absolute atomic E-state index is 6.12. The monoisotopic (exact) mass is 230 g/mol. The normalized spacial score (nSPS) is 22.5. The molecular formula is C15H22N2. The van der Waals surface area contributed by atoms with E-state index in [0.717, 1.165) is 6.54 Å². The predicted octanol–water partition coefficient (Wildman–Crippen LogP) is 2.71. The molecule has 1 heterocycles. The molecule has 2 nitrogen and oxygen atoms in total. The fourth-order valence-corrected chi connectivity index (χ4v) is 3.64. The molecule has 0 bridgehead atoms. The van der Waals surface area contributed by atoms with Gasteiger partial charge in [0, 0.05) is 18.8 Å². The zero-order valence-corrected chi connectivity index (χ0v) is 10.5. The summed E-state index contributed by atoms with van der Waals surface area (Å²) in [5.41, 5.74) is 9.34. The number of rotatable bonds is 2. The summed E-state index contributed by atoms with van der Waals surface area (Å²) in [6.45, 7) is 2.00. The van der Waals surface area contributed by atoms with Crippen LogP contribution in [0.3, 0.4) is 0 Å². The van der Waals surface area contributed by atoms with Gasteiger partial charge in [0.15, 0.2) is 0 Å². The van der Waals surface area contributed by atoms with E-state index in [-0.39, 0.29) is 5.54 Å². The molecule has 2 aliphatic rings. The lowest BCUT2D eigenvalue weighted by Crippen LogP contribution is -2.54. The molecule has 1 aromatic carbocycles. The fourth-order valence-electron chi connectivity index (χ4n) is 3.64. The molecular weight excluding hydrogens is 208 g/mol. The molecule has 1 aliphatic carbocycles. The molecule has 2 heteroatoms. The zero-order valence-electron chi connectivity index (χ0n) is 10.5. The molecule has 0 spiro atoms. The number of hydrogen-bond donors (Lipinski definition) is 1. The van der Waals surface area contributed by atoms with Crippen molar-refractivity contribution in [2.45, 2.75) is 44.1 Å². The summed E-state index contributed by atoms with van der Waals surface area (Å²) >= 11 is 0. The van der Waals surface area contributed by atoms with Crippen LogP contribution < -0.4 is 10.6 Å². The van der Waals surface area contributed by atoms with Crippen LogP contribution in [0.25, 0.3) is 0 Å². The second-order valence-electron chi connectivity index (χ2n) is 5.52. The standard InChI is InChI=1S/C15H22N2/c16-12-15(9-3-4-10-15)17-11-5-7-13-6-1-2-8-14(13)17/h1-2,6,8H,3-5,7,9-12,16H2. The van der Waals surface area contributed by atoms with Crippen molar-refractivity contribution in [3.8, 4) is 0 Å². The molecule has 0 saturated heterocycles. The SMILES string of the molecule is NCC1(N2CCCc3ccccc32)CCCC1. The van der Waals surface area contributed by atoms with Crippen LogP contribution in [0.2, 0.25) is 0 Å². The molecule has 0 amide bonds. The molecule has 3 rings (SSSR count). The number of nitrogens with zero attached hydrogens (tertiary/aromatic N) is 1. The van der Waals surface area contributed by atoms with Crippen LogP contribution in [0, 0.1) is 0 Å². The van der Waals surface area contributed by atoms with Crippen LogP contribution in [-0.2, 0) is 6.42 Å². The van der Waals surface area contributed by atoms with Crippen molar-refractivity contribution in [3.63, 3.8) is 0 Å². The minimum absolute atomic E-state index is 0.260. The molecule has 0 radical (unpaired) electrons. The molecule has 1 saturated carbocycles. The van der Waals surface area contributed by atoms with Crippen LogP contribution in [0.5, 0.6) is 0 Å². The van der Waals surface area contributed by atoms with Crippen molar-refractivity contribution in [1.82, 2.24) is 0 Å². The van der Waals surface area contributed by atoms with Gasteiger partial charge in [0.1, 0.15) is 0 Å². The molecule has 1 aromatic rings. The van der Waals surface area contributed by atoms with Crippen LogP contribution >= 0.6 is 0 Å². The summed E-state index contributed by atoms with van der Waals surface area (Å²) in [6.07, 6.45) is 7.74. The zero-order chi connectivity index (χ0) is 11.7. The van der Waals surface area contributed by atoms with Crippen LogP contribution in [-0.4, -0.2) is 18.6 Å². The van der Waals surface area contributed by atoms with Crippen molar-refractivity contribution in [3.05, 3.63) is 29.8 Å². The Hall–Kier alpha value is -1.02. The van der Waals surface area contributed by atoms with Gasteiger partial charge in [-0.2, -0.15) is 0 Å². The minimum atomic E-state index is 0.260. The van der Waals surface area contributed by atoms with Gasteiger partial charge in [0.2, 0.25) is 0 Å². The fraction of sp³-hybridized carbons (Fsp3) is 0.600. The van der Waals surface area contributed by atoms with Gasteiger partial charge in [0.05, 0.1) is 5.54 Å². The van der Waals surface area contributed by atoms with Crippen molar-refractivity contribution in [1.29, 1.82) is 0 Å². The Labute approximate surface area is 104 Å². The van der Waals surface area contributed by atoms with Crippen LogP contribution in [0.4, 0.5) is 5.69 Å². The lowest BCUT2D eigenvalue weighted by Gasteiger charge is -2.45. The minimum Gasteiger partial charge on any atom is -0.364 e. The van der Waals surface area contributed by atoms with Crippen LogP contribution in [0.1, 0.15) is 37.7 Å². The Bertz CT molecular complexity index is 394. The van der Waals surface area contributed by atoms with Gasteiger partial charge < -0.3 is 10.6 Å². The topological polar surface area (TPSA) is 29.3 Å². The van der Waals surface area contributed by atoms with E-state index >= 15 is 0 Å². The Morgan fingerprint density at radius 2 is 1.88 bits per heavy atom. The molecule has 0 aromatic heterocycles. The van der Waals surface area contributed by atoms with Gasteiger partial charge in [-0.3, -0.25) is 0 Å². The van der Waals surface area contributed by atoms with E-state index in [4.69, 9.17) is 5.73 Å². The van der Waals surface area contributed by atoms with E-state index in [2.05, 4.69) is 29.2 Å². The summed E-state index contributed by atoms with van der Waals surface area (Å²) in [5, 5.41) is 0. The highest BCUT2D eigenvalue weighted by Crippen LogP contribution is 2.40. The van der Waals surface area contributed by atoms with Gasteiger partial charge in [0.25, 0.3) is 0 Å². The summed E-state index contributed by atoms with van der Waals surface area (Å²) in [7, 11) is 0. The second-order valence-corrected chi connectivity index (χ2v) is 5.52. The van der Waals surface area contributed by atoms with Crippen molar-refractivity contribution < 1.29 is 0 Å². The Morgan fingerprint density at radius 3 is 2.65 bits per heavy atom. The first kappa shape index (κ1) is 11.1. The average Bonchev–Trinajstić information content (AvgIpc) is 2.88. The summed E-state index contributed by atoms with van der Waals surface area (Å²) in [6, 6.07) is 8.88. The maximum Gasteiger partial charge on any atom is 0.0524 e. The lowest BCUT2D eigenvalue weighted by molar-refractivity contribution is 0.393. The number of aryl methyl sites for hydroxylation is 1. The van der Waals surface area contributed by atoms with Crippen LogP contribution in [0.15, 0.2) is 24.3 Å². The molecule has 2 N–H and O–H groups in total. The van der Waals surface area contributed by atoms with E-state index in [1.807, 2.05) is 0 Å². The summed E-state index contributed by atoms with van der Waals surface area (Å²) in [4.78, 5) is 2.62. The lowest BCUT2D eigenvalue weighted by atomic mass is 9.90. The van der Waals surface area contributed by atoms with Gasteiger partial charge in [-0.1, -0.05) is 31.0 Å². The third kappa shape index (κ3) is 1.75. The number of benzene rings is 1. The number of hydrogen-bond acceptors (Lipinski definition) is 2. The van der Waals surface area contributed by atoms with Gasteiger partial charge in [-0.15, -0.1) is 0 Å². The highest BCUT2D eigenvalue weighted by atomic mass is 15.2. The number of nitrogens with two attached hydrogens (primary N) is 1. The molecule has 0 atom stereocenters. The van der Waals surface area contributed by atoms with E-state index < -0.39 is 0 Å². The highest BCUT2D eigenvalue weighted by Gasteiger charge is 2.39. The highest BCUT2D eigenvalue weighted by molar-refractivity contribution is 5.57. The molecule has 1 fully saturated rings. The number of anilines is 1. The number of fused-ring (bicyclic) bond motifs is 1. The molecule has 17 heavy (non-hydrogen) atoms. The van der Waals surface area contributed by atoms with Crippen molar-refractivity contribution in [2.75, 3.05) is 18.0 Å². The van der Waals surface area contributed by atoms with Gasteiger partial charge >= 0.3 is 0 Å². The Morgan fingerprint density at radius 1 is 1.12 bits per heavy atom. The first-order valence-electron chi connectivity index (χ1n) is 6.91. The van der Waals surface area contributed by atoms with Crippen molar-refractivity contribution in [2.24, 2.45) is 5.73 Å². The average molecular weight is 230 g/mol. The smallest absolute Gasteiger partial charge is 0.0524 e. The second kappa shape index (κ2) is 4.34.